The van der Waals surface area contributed by atoms with Crippen LogP contribution in [0.4, 0.5) is 0 Å². The van der Waals surface area contributed by atoms with Gasteiger partial charge in [0.25, 0.3) is 0 Å². The van der Waals surface area contributed by atoms with Crippen molar-refractivity contribution in [3.05, 3.63) is 0 Å². The second kappa shape index (κ2) is 4.97. The number of nitrogens with two attached hydrogens (primary N) is 1. The minimum Gasteiger partial charge on any atom is -0.481 e. The van der Waals surface area contributed by atoms with Gasteiger partial charge in [0.1, 0.15) is 0 Å². The first-order valence-electron chi connectivity index (χ1n) is 5.91. The fourth-order valence-electron chi connectivity index (χ4n) is 2.69. The number of carboxylic acids is 1. The van der Waals surface area contributed by atoms with Gasteiger partial charge in [0.2, 0.25) is 0 Å². The Morgan fingerprint density at radius 1 is 1.47 bits per heavy atom. The van der Waals surface area contributed by atoms with Crippen molar-refractivity contribution in [2.75, 3.05) is 6.54 Å². The van der Waals surface area contributed by atoms with E-state index in [1.54, 1.807) is 0 Å². The molecule has 0 unspecified atom stereocenters. The molecular formula is C12H23NO2. The SMILES string of the molecule is CC(C)C1CCC(CN)(CC(=O)O)CC1. The normalized spacial score (nSPS) is 31.9. The molecule has 3 heteroatoms. The molecule has 0 aromatic rings. The summed E-state index contributed by atoms with van der Waals surface area (Å²) in [6, 6.07) is 0. The Morgan fingerprint density at radius 2 is 2.00 bits per heavy atom. The van der Waals surface area contributed by atoms with Crippen LogP contribution in [0.1, 0.15) is 46.0 Å². The average molecular weight is 213 g/mol. The third-order valence-corrected chi connectivity index (χ3v) is 3.99. The molecule has 3 N–H and O–H groups in total. The van der Waals surface area contributed by atoms with Gasteiger partial charge in [-0.2, -0.15) is 0 Å². The lowest BCUT2D eigenvalue weighted by Crippen LogP contribution is -2.37. The molecule has 0 radical (unpaired) electrons. The minimum atomic E-state index is -0.705. The van der Waals surface area contributed by atoms with Crippen molar-refractivity contribution in [3.63, 3.8) is 0 Å². The summed E-state index contributed by atoms with van der Waals surface area (Å²) in [7, 11) is 0. The lowest BCUT2D eigenvalue weighted by molar-refractivity contribution is -0.140. The van der Waals surface area contributed by atoms with Gasteiger partial charge in [-0.3, -0.25) is 4.79 Å². The molecule has 0 amide bonds. The summed E-state index contributed by atoms with van der Waals surface area (Å²) < 4.78 is 0. The lowest BCUT2D eigenvalue weighted by atomic mass is 9.66. The van der Waals surface area contributed by atoms with Gasteiger partial charge >= 0.3 is 5.97 Å². The number of hydrogen-bond donors (Lipinski definition) is 2. The molecule has 0 spiro atoms. The fraction of sp³-hybridized carbons (Fsp3) is 0.917. The van der Waals surface area contributed by atoms with Gasteiger partial charge in [-0.15, -0.1) is 0 Å². The van der Waals surface area contributed by atoms with Crippen molar-refractivity contribution in [2.24, 2.45) is 23.0 Å². The first kappa shape index (κ1) is 12.5. The van der Waals surface area contributed by atoms with E-state index in [2.05, 4.69) is 13.8 Å². The van der Waals surface area contributed by atoms with Gasteiger partial charge in [0.15, 0.2) is 0 Å². The van der Waals surface area contributed by atoms with Crippen molar-refractivity contribution in [1.29, 1.82) is 0 Å². The summed E-state index contributed by atoms with van der Waals surface area (Å²) >= 11 is 0. The molecule has 1 rings (SSSR count). The molecule has 0 atom stereocenters. The van der Waals surface area contributed by atoms with Gasteiger partial charge in [0.05, 0.1) is 6.42 Å². The van der Waals surface area contributed by atoms with Crippen LogP contribution in [0.5, 0.6) is 0 Å². The van der Waals surface area contributed by atoms with Crippen molar-refractivity contribution < 1.29 is 9.90 Å². The van der Waals surface area contributed by atoms with Crippen LogP contribution in [0.25, 0.3) is 0 Å². The smallest absolute Gasteiger partial charge is 0.303 e. The zero-order valence-electron chi connectivity index (χ0n) is 9.83. The number of aliphatic carboxylic acids is 1. The summed E-state index contributed by atoms with van der Waals surface area (Å²) in [4.78, 5) is 10.8. The van der Waals surface area contributed by atoms with Crippen molar-refractivity contribution in [1.82, 2.24) is 0 Å². The highest BCUT2D eigenvalue weighted by molar-refractivity contribution is 5.67. The van der Waals surface area contributed by atoms with Crippen molar-refractivity contribution in [3.8, 4) is 0 Å². The van der Waals surface area contributed by atoms with Crippen LogP contribution in [-0.2, 0) is 4.79 Å². The van der Waals surface area contributed by atoms with Crippen LogP contribution >= 0.6 is 0 Å². The van der Waals surface area contributed by atoms with Gasteiger partial charge in [-0.25, -0.2) is 0 Å². The molecule has 1 saturated carbocycles. The highest BCUT2D eigenvalue weighted by Crippen LogP contribution is 2.42. The molecule has 0 aliphatic heterocycles. The summed E-state index contributed by atoms with van der Waals surface area (Å²) in [5.41, 5.74) is 5.63. The van der Waals surface area contributed by atoms with Gasteiger partial charge in [-0.1, -0.05) is 13.8 Å². The van der Waals surface area contributed by atoms with E-state index in [9.17, 15) is 4.79 Å². The molecule has 88 valence electrons. The minimum absolute atomic E-state index is 0.114. The van der Waals surface area contributed by atoms with Crippen molar-refractivity contribution >= 4 is 5.97 Å². The van der Waals surface area contributed by atoms with Crippen LogP contribution in [0, 0.1) is 17.3 Å². The highest BCUT2D eigenvalue weighted by Gasteiger charge is 2.36. The van der Waals surface area contributed by atoms with Crippen LogP contribution in [0.2, 0.25) is 0 Å². The van der Waals surface area contributed by atoms with Crippen LogP contribution in [0.3, 0.4) is 0 Å². The maximum Gasteiger partial charge on any atom is 0.303 e. The lowest BCUT2D eigenvalue weighted by Gasteiger charge is -2.39. The zero-order valence-corrected chi connectivity index (χ0v) is 9.83. The summed E-state index contributed by atoms with van der Waals surface area (Å²) in [5, 5.41) is 8.88. The third kappa shape index (κ3) is 3.20. The van der Waals surface area contributed by atoms with Crippen LogP contribution in [0.15, 0.2) is 0 Å². The summed E-state index contributed by atoms with van der Waals surface area (Å²) in [6.45, 7) is 5.01. The van der Waals surface area contributed by atoms with Crippen molar-refractivity contribution in [2.45, 2.75) is 46.0 Å². The molecule has 1 aliphatic carbocycles. The first-order valence-corrected chi connectivity index (χ1v) is 5.91. The van der Waals surface area contributed by atoms with E-state index >= 15 is 0 Å². The quantitative estimate of drug-likeness (QED) is 0.753. The molecule has 0 bridgehead atoms. The Bertz CT molecular complexity index is 218. The largest absolute Gasteiger partial charge is 0.481 e. The Morgan fingerprint density at radius 3 is 2.33 bits per heavy atom. The maximum absolute atomic E-state index is 10.8. The Labute approximate surface area is 92.0 Å². The van der Waals surface area contributed by atoms with E-state index in [0.29, 0.717) is 12.5 Å². The molecule has 3 nitrogen and oxygen atoms in total. The Balaban J connectivity index is 2.54. The topological polar surface area (TPSA) is 63.3 Å². The average Bonchev–Trinajstić information content (AvgIpc) is 2.17. The molecular weight excluding hydrogens is 190 g/mol. The summed E-state index contributed by atoms with van der Waals surface area (Å²) in [5.74, 6) is 0.771. The number of carbonyl (C=O) groups is 1. The van der Waals surface area contributed by atoms with Crippen LogP contribution < -0.4 is 5.73 Å². The zero-order chi connectivity index (χ0) is 11.5. The molecule has 0 aromatic heterocycles. The van der Waals surface area contributed by atoms with E-state index in [1.807, 2.05) is 0 Å². The molecule has 0 heterocycles. The Hall–Kier alpha value is -0.570. The third-order valence-electron chi connectivity index (χ3n) is 3.99. The number of carboxylic acid groups (broad SMARTS) is 1. The predicted octanol–water partition coefficient (Wildman–Crippen LogP) is 2.25. The molecule has 15 heavy (non-hydrogen) atoms. The summed E-state index contributed by atoms with van der Waals surface area (Å²) in [6.07, 6.45) is 4.50. The van der Waals surface area contributed by atoms with E-state index < -0.39 is 5.97 Å². The van der Waals surface area contributed by atoms with Crippen LogP contribution in [-0.4, -0.2) is 17.6 Å². The van der Waals surface area contributed by atoms with Gasteiger partial charge in [0, 0.05) is 0 Å². The van der Waals surface area contributed by atoms with E-state index in [4.69, 9.17) is 10.8 Å². The highest BCUT2D eigenvalue weighted by atomic mass is 16.4. The first-order chi connectivity index (χ1) is 6.99. The van der Waals surface area contributed by atoms with E-state index in [0.717, 1.165) is 31.6 Å². The standard InChI is InChI=1S/C12H23NO2/c1-9(2)10-3-5-12(8-13,6-4-10)7-11(14)15/h9-10H,3-8,13H2,1-2H3,(H,14,15). The molecule has 1 aliphatic rings. The van der Waals surface area contributed by atoms with Gasteiger partial charge in [-0.05, 0) is 49.5 Å². The van der Waals surface area contributed by atoms with E-state index in [1.165, 1.54) is 0 Å². The second-order valence-corrected chi connectivity index (χ2v) is 5.36. The predicted molar refractivity (Wildman–Crippen MR) is 60.5 cm³/mol. The molecule has 1 fully saturated rings. The number of hydrogen-bond acceptors (Lipinski definition) is 2. The number of rotatable bonds is 4. The maximum atomic E-state index is 10.8. The second-order valence-electron chi connectivity index (χ2n) is 5.36. The molecule has 0 aromatic carbocycles. The van der Waals surface area contributed by atoms with E-state index in [-0.39, 0.29) is 11.8 Å². The fourth-order valence-corrected chi connectivity index (χ4v) is 2.69. The Kier molecular flexibility index (Phi) is 4.14. The molecule has 0 saturated heterocycles. The van der Waals surface area contributed by atoms with Gasteiger partial charge < -0.3 is 10.8 Å². The monoisotopic (exact) mass is 213 g/mol.